The highest BCUT2D eigenvalue weighted by molar-refractivity contribution is 5.50. The van der Waals surface area contributed by atoms with Crippen LogP contribution < -0.4 is 10.2 Å². The van der Waals surface area contributed by atoms with Gasteiger partial charge >= 0.3 is 0 Å². The quantitative estimate of drug-likeness (QED) is 0.938. The highest BCUT2D eigenvalue weighted by Crippen LogP contribution is 2.20. The maximum absolute atomic E-state index is 13.7. The van der Waals surface area contributed by atoms with Gasteiger partial charge in [0.15, 0.2) is 0 Å². The van der Waals surface area contributed by atoms with Crippen LogP contribution in [0.3, 0.4) is 0 Å². The Morgan fingerprint density at radius 2 is 1.91 bits per heavy atom. The van der Waals surface area contributed by atoms with Crippen molar-refractivity contribution in [2.45, 2.75) is 32.7 Å². The topological polar surface area (TPSA) is 41.1 Å². The number of hydrogen-bond donors (Lipinski definition) is 1. The number of nitrogens with zero attached hydrogens (tertiary/aromatic N) is 3. The third-order valence-corrected chi connectivity index (χ3v) is 3.92. The Labute approximate surface area is 130 Å². The zero-order valence-electron chi connectivity index (χ0n) is 12.8. The Bertz CT molecular complexity index is 638. The van der Waals surface area contributed by atoms with E-state index in [1.165, 1.54) is 25.3 Å². The molecule has 1 N–H and O–H groups in total. The van der Waals surface area contributed by atoms with Crippen molar-refractivity contribution >= 4 is 11.6 Å². The van der Waals surface area contributed by atoms with Crippen molar-refractivity contribution in [2.24, 2.45) is 0 Å². The third kappa shape index (κ3) is 3.53. The van der Waals surface area contributed by atoms with Crippen molar-refractivity contribution in [3.05, 3.63) is 47.5 Å². The largest absolute Gasteiger partial charge is 0.366 e. The number of benzene rings is 1. The SMILES string of the molecule is Cc1nc(NCc2ccccc2F)cc(N2CCCCC2)n1. The van der Waals surface area contributed by atoms with Crippen molar-refractivity contribution in [1.82, 2.24) is 9.97 Å². The molecule has 0 amide bonds. The minimum Gasteiger partial charge on any atom is -0.366 e. The van der Waals surface area contributed by atoms with Crippen LogP contribution in [0.4, 0.5) is 16.0 Å². The van der Waals surface area contributed by atoms with Gasteiger partial charge < -0.3 is 10.2 Å². The molecule has 116 valence electrons. The summed E-state index contributed by atoms with van der Waals surface area (Å²) in [6.45, 7) is 4.40. The van der Waals surface area contributed by atoms with Crippen molar-refractivity contribution in [2.75, 3.05) is 23.3 Å². The molecule has 0 unspecified atom stereocenters. The molecule has 0 aliphatic carbocycles. The van der Waals surface area contributed by atoms with Crippen LogP contribution in [0.15, 0.2) is 30.3 Å². The molecule has 1 saturated heterocycles. The minimum absolute atomic E-state index is 0.197. The number of halogens is 1. The van der Waals surface area contributed by atoms with Gasteiger partial charge in [0, 0.05) is 31.3 Å². The van der Waals surface area contributed by atoms with Crippen molar-refractivity contribution in [1.29, 1.82) is 0 Å². The van der Waals surface area contributed by atoms with E-state index in [1.807, 2.05) is 19.1 Å². The first-order valence-electron chi connectivity index (χ1n) is 7.80. The van der Waals surface area contributed by atoms with Gasteiger partial charge in [0.05, 0.1) is 0 Å². The zero-order valence-corrected chi connectivity index (χ0v) is 12.8. The lowest BCUT2D eigenvalue weighted by Gasteiger charge is -2.28. The Morgan fingerprint density at radius 3 is 2.68 bits per heavy atom. The summed E-state index contributed by atoms with van der Waals surface area (Å²) in [6, 6.07) is 8.75. The molecule has 1 aliphatic rings. The van der Waals surface area contributed by atoms with Gasteiger partial charge in [0.1, 0.15) is 23.3 Å². The molecule has 5 heteroatoms. The number of rotatable bonds is 4. The molecular weight excluding hydrogens is 279 g/mol. The van der Waals surface area contributed by atoms with Crippen LogP contribution >= 0.6 is 0 Å². The zero-order chi connectivity index (χ0) is 15.4. The molecule has 1 aromatic heterocycles. The maximum Gasteiger partial charge on any atom is 0.134 e. The lowest BCUT2D eigenvalue weighted by molar-refractivity contribution is 0.572. The average molecular weight is 300 g/mol. The Balaban J connectivity index is 1.73. The van der Waals surface area contributed by atoms with Gasteiger partial charge in [-0.2, -0.15) is 0 Å². The molecule has 4 nitrogen and oxygen atoms in total. The van der Waals surface area contributed by atoms with Gasteiger partial charge in [-0.1, -0.05) is 18.2 Å². The predicted molar refractivity (Wildman–Crippen MR) is 86.6 cm³/mol. The molecule has 1 fully saturated rings. The molecule has 0 radical (unpaired) electrons. The summed E-state index contributed by atoms with van der Waals surface area (Å²) in [6.07, 6.45) is 3.71. The smallest absolute Gasteiger partial charge is 0.134 e. The van der Waals surface area contributed by atoms with Crippen molar-refractivity contribution in [3.63, 3.8) is 0 Å². The number of aromatic nitrogens is 2. The van der Waals surface area contributed by atoms with Crippen LogP contribution in [0.1, 0.15) is 30.7 Å². The lowest BCUT2D eigenvalue weighted by atomic mass is 10.1. The summed E-state index contributed by atoms with van der Waals surface area (Å²) in [4.78, 5) is 11.2. The van der Waals surface area contributed by atoms with Gasteiger partial charge in [0.25, 0.3) is 0 Å². The summed E-state index contributed by atoms with van der Waals surface area (Å²) in [5.74, 6) is 2.25. The molecule has 0 saturated carbocycles. The van der Waals surface area contributed by atoms with E-state index in [0.717, 1.165) is 30.5 Å². The van der Waals surface area contributed by atoms with Gasteiger partial charge in [-0.05, 0) is 32.3 Å². The molecule has 22 heavy (non-hydrogen) atoms. The molecule has 1 aromatic carbocycles. The Morgan fingerprint density at radius 1 is 1.14 bits per heavy atom. The molecule has 0 bridgehead atoms. The Kier molecular flexibility index (Phi) is 4.51. The second-order valence-electron chi connectivity index (χ2n) is 5.65. The fourth-order valence-corrected chi connectivity index (χ4v) is 2.76. The van der Waals surface area contributed by atoms with E-state index in [9.17, 15) is 4.39 Å². The lowest BCUT2D eigenvalue weighted by Crippen LogP contribution is -2.30. The number of piperidine rings is 1. The van der Waals surface area contributed by atoms with Crippen molar-refractivity contribution < 1.29 is 4.39 Å². The van der Waals surface area contributed by atoms with Crippen LogP contribution in [0.5, 0.6) is 0 Å². The van der Waals surface area contributed by atoms with Gasteiger partial charge in [-0.3, -0.25) is 0 Å². The molecule has 2 aromatic rings. The number of anilines is 2. The highest BCUT2D eigenvalue weighted by atomic mass is 19.1. The first kappa shape index (κ1) is 14.8. The normalized spacial score (nSPS) is 14.9. The average Bonchev–Trinajstić information content (AvgIpc) is 2.54. The van der Waals surface area contributed by atoms with Crippen LogP contribution in [0.25, 0.3) is 0 Å². The molecule has 1 aliphatic heterocycles. The number of hydrogen-bond acceptors (Lipinski definition) is 4. The summed E-state index contributed by atoms with van der Waals surface area (Å²) >= 11 is 0. The molecule has 2 heterocycles. The first-order valence-corrected chi connectivity index (χ1v) is 7.80. The minimum atomic E-state index is -0.197. The highest BCUT2D eigenvalue weighted by Gasteiger charge is 2.13. The summed E-state index contributed by atoms with van der Waals surface area (Å²) in [7, 11) is 0. The monoisotopic (exact) mass is 300 g/mol. The summed E-state index contributed by atoms with van der Waals surface area (Å²) in [5, 5.41) is 3.20. The molecule has 3 rings (SSSR count). The van der Waals surface area contributed by atoms with Crippen LogP contribution in [0.2, 0.25) is 0 Å². The predicted octanol–water partition coefficient (Wildman–Crippen LogP) is 3.53. The van der Waals surface area contributed by atoms with E-state index < -0.39 is 0 Å². The van der Waals surface area contributed by atoms with Gasteiger partial charge in [-0.25, -0.2) is 14.4 Å². The fraction of sp³-hybridized carbons (Fsp3) is 0.412. The number of nitrogens with one attached hydrogen (secondary N) is 1. The van der Waals surface area contributed by atoms with E-state index in [2.05, 4.69) is 20.2 Å². The van der Waals surface area contributed by atoms with E-state index in [-0.39, 0.29) is 5.82 Å². The third-order valence-electron chi connectivity index (χ3n) is 3.92. The second-order valence-corrected chi connectivity index (χ2v) is 5.65. The molecular formula is C17H21FN4. The van der Waals surface area contributed by atoms with E-state index in [4.69, 9.17) is 0 Å². The number of aryl methyl sites for hydroxylation is 1. The first-order chi connectivity index (χ1) is 10.7. The standard InChI is InChI=1S/C17H21FN4/c1-13-20-16(19-12-14-7-3-4-8-15(14)18)11-17(21-13)22-9-5-2-6-10-22/h3-4,7-8,11H,2,5-6,9-10,12H2,1H3,(H,19,20,21). The second kappa shape index (κ2) is 6.73. The van der Waals surface area contributed by atoms with E-state index in [1.54, 1.807) is 12.1 Å². The fourth-order valence-electron chi connectivity index (χ4n) is 2.76. The van der Waals surface area contributed by atoms with Gasteiger partial charge in [0.2, 0.25) is 0 Å². The Hall–Kier alpha value is -2.17. The van der Waals surface area contributed by atoms with Crippen molar-refractivity contribution in [3.8, 4) is 0 Å². The molecule has 0 spiro atoms. The van der Waals surface area contributed by atoms with E-state index in [0.29, 0.717) is 12.1 Å². The van der Waals surface area contributed by atoms with E-state index >= 15 is 0 Å². The molecule has 0 atom stereocenters. The van der Waals surface area contributed by atoms with Crippen LogP contribution in [-0.2, 0) is 6.54 Å². The van der Waals surface area contributed by atoms with Gasteiger partial charge in [-0.15, -0.1) is 0 Å². The van der Waals surface area contributed by atoms with Crippen LogP contribution in [0, 0.1) is 12.7 Å². The van der Waals surface area contributed by atoms with Crippen LogP contribution in [-0.4, -0.2) is 23.1 Å². The maximum atomic E-state index is 13.7. The summed E-state index contributed by atoms with van der Waals surface area (Å²) in [5.41, 5.74) is 0.637. The summed E-state index contributed by atoms with van der Waals surface area (Å²) < 4.78 is 13.7.